The molecule has 2 aromatic heterocycles. The summed E-state index contributed by atoms with van der Waals surface area (Å²) in [6.45, 7) is 3.99. The van der Waals surface area contributed by atoms with Gasteiger partial charge < -0.3 is 4.42 Å². The number of carbonyl (C=O) groups is 1. The van der Waals surface area contributed by atoms with Gasteiger partial charge in [0, 0.05) is 10.9 Å². The van der Waals surface area contributed by atoms with Gasteiger partial charge >= 0.3 is 0 Å². The van der Waals surface area contributed by atoms with E-state index in [1.807, 2.05) is 37.3 Å². The third kappa shape index (κ3) is 3.30. The number of hydrogen-bond acceptors (Lipinski definition) is 6. The third-order valence-electron chi connectivity index (χ3n) is 5.34. The van der Waals surface area contributed by atoms with Crippen molar-refractivity contribution in [3.63, 3.8) is 0 Å². The van der Waals surface area contributed by atoms with Crippen LogP contribution in [0.5, 0.6) is 0 Å². The summed E-state index contributed by atoms with van der Waals surface area (Å²) in [6.07, 6.45) is 1.72. The van der Waals surface area contributed by atoms with Gasteiger partial charge in [-0.15, -0.1) is 10.2 Å². The van der Waals surface area contributed by atoms with E-state index in [-0.39, 0.29) is 17.1 Å². The van der Waals surface area contributed by atoms with Gasteiger partial charge in [0.2, 0.25) is 10.9 Å². The van der Waals surface area contributed by atoms with Crippen molar-refractivity contribution in [2.24, 2.45) is 0 Å². The molecule has 1 atom stereocenters. The molecule has 1 aliphatic heterocycles. The predicted molar refractivity (Wildman–Crippen MR) is 124 cm³/mol. The molecule has 0 radical (unpaired) electrons. The fourth-order valence-corrected chi connectivity index (χ4v) is 5.13. The summed E-state index contributed by atoms with van der Waals surface area (Å²) >= 11 is 4.83. The quantitative estimate of drug-likeness (QED) is 0.377. The van der Waals surface area contributed by atoms with Crippen LogP contribution < -0.4 is 10.3 Å². The summed E-state index contributed by atoms with van der Waals surface area (Å²) in [5.41, 5.74) is 2.32. The van der Waals surface area contributed by atoms with Crippen molar-refractivity contribution in [3.05, 3.63) is 84.6 Å². The smallest absolute Gasteiger partial charge is 0.297 e. The van der Waals surface area contributed by atoms with Crippen LogP contribution >= 0.6 is 27.3 Å². The first-order chi connectivity index (χ1) is 15.0. The molecule has 1 unspecified atom stereocenters. The first kappa shape index (κ1) is 20.1. The summed E-state index contributed by atoms with van der Waals surface area (Å²) in [6, 6.07) is 12.4. The molecule has 1 amide bonds. The molecular formula is C23H18BrN3O3S. The van der Waals surface area contributed by atoms with Crippen LogP contribution in [0.3, 0.4) is 0 Å². The van der Waals surface area contributed by atoms with Gasteiger partial charge in [-0.1, -0.05) is 58.0 Å². The van der Waals surface area contributed by atoms with Crippen LogP contribution in [0, 0.1) is 6.92 Å². The molecule has 6 nitrogen and oxygen atoms in total. The minimum Gasteiger partial charge on any atom is -0.450 e. The van der Waals surface area contributed by atoms with Gasteiger partial charge in [-0.2, -0.15) is 0 Å². The monoisotopic (exact) mass is 495 g/mol. The zero-order valence-electron chi connectivity index (χ0n) is 16.9. The molecule has 0 N–H and O–H groups in total. The largest absolute Gasteiger partial charge is 0.450 e. The van der Waals surface area contributed by atoms with Crippen molar-refractivity contribution in [3.8, 4) is 0 Å². The van der Waals surface area contributed by atoms with Gasteiger partial charge in [0.1, 0.15) is 10.6 Å². The second-order valence-electron chi connectivity index (χ2n) is 7.53. The topological polar surface area (TPSA) is 76.3 Å². The lowest BCUT2D eigenvalue weighted by atomic mass is 9.98. The lowest BCUT2D eigenvalue weighted by Crippen LogP contribution is -2.29. The van der Waals surface area contributed by atoms with E-state index in [1.54, 1.807) is 17.0 Å². The van der Waals surface area contributed by atoms with Crippen LogP contribution in [-0.2, 0) is 6.42 Å². The van der Waals surface area contributed by atoms with E-state index in [0.29, 0.717) is 21.7 Å². The maximum atomic E-state index is 13.6. The number of amides is 1. The van der Waals surface area contributed by atoms with Crippen LogP contribution in [0.1, 0.15) is 51.6 Å². The van der Waals surface area contributed by atoms with E-state index in [0.717, 1.165) is 33.4 Å². The Morgan fingerprint density at radius 3 is 2.65 bits per heavy atom. The SMILES string of the molecule is CCCc1nnc(N2C(=O)c3oc4ccc(C)cc4c(=O)c3C2c2ccc(Br)cc2)s1. The van der Waals surface area contributed by atoms with Crippen LogP contribution in [0.4, 0.5) is 5.13 Å². The number of rotatable bonds is 4. The molecule has 156 valence electrons. The number of fused-ring (bicyclic) bond motifs is 2. The molecule has 4 aromatic rings. The number of aryl methyl sites for hydroxylation is 2. The standard InChI is InChI=1S/C23H18BrN3O3S/c1-3-4-17-25-26-23(31-17)27-19(13-6-8-14(24)9-7-13)18-20(28)15-11-12(2)5-10-16(15)30-21(18)22(27)29/h5-11,19H,3-4H2,1-2H3. The van der Waals surface area contributed by atoms with Gasteiger partial charge in [-0.3, -0.25) is 14.5 Å². The Bertz CT molecular complexity index is 1380. The van der Waals surface area contributed by atoms with Crippen LogP contribution in [-0.4, -0.2) is 16.1 Å². The molecule has 0 saturated heterocycles. The molecule has 5 rings (SSSR count). The number of anilines is 1. The second kappa shape index (κ2) is 7.69. The normalized spacial score (nSPS) is 15.6. The molecule has 0 aliphatic carbocycles. The van der Waals surface area contributed by atoms with Crippen molar-refractivity contribution in [2.45, 2.75) is 32.7 Å². The van der Waals surface area contributed by atoms with E-state index in [9.17, 15) is 9.59 Å². The summed E-state index contributed by atoms with van der Waals surface area (Å²) in [5, 5.41) is 10.3. The van der Waals surface area contributed by atoms with E-state index < -0.39 is 6.04 Å². The van der Waals surface area contributed by atoms with Crippen molar-refractivity contribution in [1.29, 1.82) is 0 Å². The molecule has 0 fully saturated rings. The summed E-state index contributed by atoms with van der Waals surface area (Å²) < 4.78 is 6.90. The summed E-state index contributed by atoms with van der Waals surface area (Å²) in [5.74, 6) is -0.303. The maximum absolute atomic E-state index is 13.6. The van der Waals surface area contributed by atoms with Crippen molar-refractivity contribution in [2.75, 3.05) is 4.90 Å². The highest BCUT2D eigenvalue weighted by Crippen LogP contribution is 2.42. The molecule has 0 bridgehead atoms. The zero-order chi connectivity index (χ0) is 21.7. The summed E-state index contributed by atoms with van der Waals surface area (Å²) in [4.78, 5) is 28.6. The Morgan fingerprint density at radius 1 is 1.13 bits per heavy atom. The van der Waals surface area contributed by atoms with Gasteiger partial charge in [-0.25, -0.2) is 0 Å². The fraction of sp³-hybridized carbons (Fsp3) is 0.217. The molecule has 1 aliphatic rings. The lowest BCUT2D eigenvalue weighted by molar-refractivity contribution is 0.0970. The Hall–Kier alpha value is -2.84. The van der Waals surface area contributed by atoms with Gasteiger partial charge in [0.25, 0.3) is 5.91 Å². The molecular weight excluding hydrogens is 478 g/mol. The predicted octanol–water partition coefficient (Wildman–Crippen LogP) is 5.42. The first-order valence-electron chi connectivity index (χ1n) is 9.96. The molecule has 0 spiro atoms. The van der Waals surface area contributed by atoms with E-state index in [4.69, 9.17) is 4.42 Å². The number of aromatic nitrogens is 2. The van der Waals surface area contributed by atoms with E-state index >= 15 is 0 Å². The molecule has 8 heteroatoms. The van der Waals surface area contributed by atoms with Crippen molar-refractivity contribution >= 4 is 49.3 Å². The van der Waals surface area contributed by atoms with Crippen molar-refractivity contribution in [1.82, 2.24) is 10.2 Å². The number of nitrogens with zero attached hydrogens (tertiary/aromatic N) is 3. The summed E-state index contributed by atoms with van der Waals surface area (Å²) in [7, 11) is 0. The lowest BCUT2D eigenvalue weighted by Gasteiger charge is -2.22. The number of carbonyl (C=O) groups excluding carboxylic acids is 1. The Kier molecular flexibility index (Phi) is 4.98. The highest BCUT2D eigenvalue weighted by molar-refractivity contribution is 9.10. The zero-order valence-corrected chi connectivity index (χ0v) is 19.3. The molecule has 0 saturated carbocycles. The average molecular weight is 496 g/mol. The van der Waals surface area contributed by atoms with Gasteiger partial charge in [0.05, 0.1) is 17.0 Å². The number of benzene rings is 2. The highest BCUT2D eigenvalue weighted by atomic mass is 79.9. The minimum atomic E-state index is -0.626. The molecule has 31 heavy (non-hydrogen) atoms. The van der Waals surface area contributed by atoms with Crippen molar-refractivity contribution < 1.29 is 9.21 Å². The van der Waals surface area contributed by atoms with Gasteiger partial charge in [-0.05, 0) is 43.2 Å². The Morgan fingerprint density at radius 2 is 1.90 bits per heavy atom. The van der Waals surface area contributed by atoms with E-state index in [2.05, 4.69) is 33.1 Å². The minimum absolute atomic E-state index is 0.0708. The fourth-order valence-electron chi connectivity index (χ4n) is 3.90. The van der Waals surface area contributed by atoms with Crippen LogP contribution in [0.25, 0.3) is 11.0 Å². The molecule has 3 heterocycles. The number of hydrogen-bond donors (Lipinski definition) is 0. The second-order valence-corrected chi connectivity index (χ2v) is 9.49. The Balaban J connectivity index is 1.77. The highest BCUT2D eigenvalue weighted by Gasteiger charge is 2.45. The third-order valence-corrected chi connectivity index (χ3v) is 6.85. The average Bonchev–Trinajstić information content (AvgIpc) is 3.32. The Labute approximate surface area is 190 Å². The van der Waals surface area contributed by atoms with Gasteiger partial charge in [0.15, 0.2) is 5.43 Å². The number of halogens is 1. The van der Waals surface area contributed by atoms with Crippen LogP contribution in [0.2, 0.25) is 0 Å². The van der Waals surface area contributed by atoms with E-state index in [1.165, 1.54) is 11.3 Å². The molecule has 2 aromatic carbocycles. The maximum Gasteiger partial charge on any atom is 0.297 e. The van der Waals surface area contributed by atoms with Crippen LogP contribution in [0.15, 0.2) is 56.1 Å². The first-order valence-corrected chi connectivity index (χ1v) is 11.6.